The molecule has 0 heterocycles. The molecule has 2 rings (SSSR count). The van der Waals surface area contributed by atoms with E-state index in [4.69, 9.17) is 6.42 Å². The van der Waals surface area contributed by atoms with Crippen LogP contribution >= 0.6 is 0 Å². The number of carbonyl (C=O) groups excluding carboxylic acids is 2. The van der Waals surface area contributed by atoms with Crippen LogP contribution in [0.15, 0.2) is 41.3 Å². The number of imide groups is 1. The molecule has 0 radical (unpaired) electrons. The van der Waals surface area contributed by atoms with Crippen LogP contribution < -0.4 is 10.2 Å². The third-order valence-corrected chi connectivity index (χ3v) is 5.15. The Bertz CT molecular complexity index is 1070. The van der Waals surface area contributed by atoms with Gasteiger partial charge in [-0.3, -0.25) is 15.0 Å². The molecule has 0 aliphatic carbocycles. The number of sulfone groups is 1. The maximum Gasteiger partial charge on any atom is 0.328 e. The Morgan fingerprint density at radius 3 is 2.25 bits per heavy atom. The second kappa shape index (κ2) is 8.14. The fourth-order valence-electron chi connectivity index (χ4n) is 2.21. The summed E-state index contributed by atoms with van der Waals surface area (Å²) in [5, 5.41) is 1.73. The highest BCUT2D eigenvalue weighted by Crippen LogP contribution is 2.23. The summed E-state index contributed by atoms with van der Waals surface area (Å²) in [6.07, 6.45) is 4.95. The van der Waals surface area contributed by atoms with Gasteiger partial charge in [-0.1, -0.05) is 12.0 Å². The molecule has 0 aliphatic rings. The van der Waals surface area contributed by atoms with Gasteiger partial charge in [0.05, 0.1) is 10.6 Å². The van der Waals surface area contributed by atoms with E-state index < -0.39 is 50.5 Å². The van der Waals surface area contributed by atoms with E-state index in [1.807, 2.05) is 5.92 Å². The number of urea groups is 1. The summed E-state index contributed by atoms with van der Waals surface area (Å²) in [6, 6.07) is 4.22. The summed E-state index contributed by atoms with van der Waals surface area (Å²) < 4.78 is 65.2. The third-order valence-electron chi connectivity index (χ3n) is 3.63. The number of nitrogens with one attached hydrogen (secondary N) is 1. The van der Waals surface area contributed by atoms with E-state index in [1.54, 1.807) is 5.32 Å². The molecule has 0 bridgehead atoms. The minimum atomic E-state index is -3.89. The lowest BCUT2D eigenvalue weighted by molar-refractivity contribution is 0.0957. The Kier molecular flexibility index (Phi) is 6.10. The predicted octanol–water partition coefficient (Wildman–Crippen LogP) is 2.50. The number of halogens is 3. The van der Waals surface area contributed by atoms with Gasteiger partial charge in [-0.05, 0) is 30.3 Å². The van der Waals surface area contributed by atoms with Crippen molar-refractivity contribution >= 4 is 27.5 Å². The van der Waals surface area contributed by atoms with Crippen LogP contribution in [-0.4, -0.2) is 33.2 Å². The van der Waals surface area contributed by atoms with Crippen LogP contribution in [0.2, 0.25) is 0 Å². The average Bonchev–Trinajstić information content (AvgIpc) is 2.60. The number of terminal acetylenes is 1. The van der Waals surface area contributed by atoms with Gasteiger partial charge >= 0.3 is 6.03 Å². The van der Waals surface area contributed by atoms with Gasteiger partial charge in [0.2, 0.25) is 0 Å². The smallest absolute Gasteiger partial charge is 0.294 e. The summed E-state index contributed by atoms with van der Waals surface area (Å²) in [5.74, 6) is -3.49. The van der Waals surface area contributed by atoms with Gasteiger partial charge in [-0.2, -0.15) is 0 Å². The molecule has 146 valence electrons. The highest BCUT2D eigenvalue weighted by atomic mass is 32.2. The number of hydrogen-bond donors (Lipinski definition) is 1. The minimum Gasteiger partial charge on any atom is -0.294 e. The van der Waals surface area contributed by atoms with E-state index in [1.165, 1.54) is 0 Å². The Hall–Kier alpha value is -3.32. The lowest BCUT2D eigenvalue weighted by Crippen LogP contribution is -2.41. The summed E-state index contributed by atoms with van der Waals surface area (Å²) >= 11 is 0. The highest BCUT2D eigenvalue weighted by Gasteiger charge is 2.23. The second-order valence-corrected chi connectivity index (χ2v) is 7.48. The first-order valence-corrected chi connectivity index (χ1v) is 9.22. The number of hydrogen-bond acceptors (Lipinski definition) is 4. The summed E-state index contributed by atoms with van der Waals surface area (Å²) in [5.41, 5.74) is -1.35. The normalized spacial score (nSPS) is 10.8. The zero-order valence-corrected chi connectivity index (χ0v) is 15.2. The predicted molar refractivity (Wildman–Crippen MR) is 94.9 cm³/mol. The quantitative estimate of drug-likeness (QED) is 0.785. The van der Waals surface area contributed by atoms with E-state index in [9.17, 15) is 31.2 Å². The summed E-state index contributed by atoms with van der Waals surface area (Å²) in [6.45, 7) is 0. The third kappa shape index (κ3) is 4.32. The summed E-state index contributed by atoms with van der Waals surface area (Å²) in [4.78, 5) is 24.3. The molecule has 0 aromatic heterocycles. The zero-order valence-electron chi connectivity index (χ0n) is 14.4. The van der Waals surface area contributed by atoms with Crippen LogP contribution in [0.3, 0.4) is 0 Å². The fourth-order valence-corrected chi connectivity index (χ4v) is 3.16. The zero-order chi connectivity index (χ0) is 21.1. The molecule has 0 fully saturated rings. The van der Waals surface area contributed by atoms with Crippen molar-refractivity contribution in [1.82, 2.24) is 5.32 Å². The van der Waals surface area contributed by atoms with Crippen molar-refractivity contribution in [1.29, 1.82) is 0 Å². The Labute approximate surface area is 158 Å². The Balaban J connectivity index is 2.24. The van der Waals surface area contributed by atoms with E-state index in [2.05, 4.69) is 0 Å². The molecule has 0 aliphatic heterocycles. The van der Waals surface area contributed by atoms with Crippen LogP contribution in [0.4, 0.5) is 23.7 Å². The van der Waals surface area contributed by atoms with Crippen molar-refractivity contribution in [2.75, 3.05) is 17.7 Å². The number of rotatable bonds is 4. The molecule has 2 aromatic carbocycles. The molecule has 0 spiro atoms. The molecular weight excluding hydrogens is 397 g/mol. The van der Waals surface area contributed by atoms with Crippen LogP contribution in [-0.2, 0) is 9.84 Å². The molecule has 1 N–H and O–H groups in total. The maximum atomic E-state index is 14.3. The molecule has 6 nitrogen and oxygen atoms in total. The SMILES string of the molecule is C#CCS(=O)(=O)c1ccc(N(C)C(=O)NC(=O)c2c(F)cccc2F)c(F)c1. The van der Waals surface area contributed by atoms with Gasteiger partial charge < -0.3 is 0 Å². The van der Waals surface area contributed by atoms with Crippen molar-refractivity contribution in [3.8, 4) is 12.3 Å². The van der Waals surface area contributed by atoms with E-state index in [-0.39, 0.29) is 10.6 Å². The van der Waals surface area contributed by atoms with Crippen LogP contribution in [0, 0.1) is 29.8 Å². The summed E-state index contributed by atoms with van der Waals surface area (Å²) in [7, 11) is -2.82. The van der Waals surface area contributed by atoms with Gasteiger partial charge in [0.1, 0.15) is 28.8 Å². The minimum absolute atomic E-state index is 0.376. The lowest BCUT2D eigenvalue weighted by Gasteiger charge is -2.18. The van der Waals surface area contributed by atoms with E-state index >= 15 is 0 Å². The lowest BCUT2D eigenvalue weighted by atomic mass is 10.2. The van der Waals surface area contributed by atoms with Crippen molar-refractivity contribution in [2.45, 2.75) is 4.90 Å². The Morgan fingerprint density at radius 2 is 1.71 bits per heavy atom. The molecule has 0 unspecified atom stereocenters. The molecule has 10 heteroatoms. The van der Waals surface area contributed by atoms with Crippen LogP contribution in [0.5, 0.6) is 0 Å². The monoisotopic (exact) mass is 410 g/mol. The molecule has 0 saturated heterocycles. The number of nitrogens with zero attached hydrogens (tertiary/aromatic N) is 1. The maximum absolute atomic E-state index is 14.3. The van der Waals surface area contributed by atoms with Gasteiger partial charge in [-0.15, -0.1) is 6.42 Å². The number of carbonyl (C=O) groups is 2. The highest BCUT2D eigenvalue weighted by molar-refractivity contribution is 7.91. The molecule has 3 amide bonds. The molecule has 28 heavy (non-hydrogen) atoms. The van der Waals surface area contributed by atoms with E-state index in [0.717, 1.165) is 37.4 Å². The van der Waals surface area contributed by atoms with Crippen LogP contribution in [0.25, 0.3) is 0 Å². The molecule has 2 aromatic rings. The van der Waals surface area contributed by atoms with Crippen molar-refractivity contribution in [3.63, 3.8) is 0 Å². The standard InChI is InChI=1S/C18H13F3N2O4S/c1-3-9-28(26,27)11-7-8-15(14(21)10-11)23(2)18(25)22-17(24)16-12(19)5-4-6-13(16)20/h1,4-8,10H,9H2,2H3,(H,22,24,25). The van der Waals surface area contributed by atoms with Gasteiger partial charge in [0.25, 0.3) is 5.91 Å². The number of benzene rings is 2. The van der Waals surface area contributed by atoms with Gasteiger partial charge in [-0.25, -0.2) is 26.4 Å². The molecule has 0 atom stereocenters. The van der Waals surface area contributed by atoms with E-state index in [0.29, 0.717) is 11.0 Å². The Morgan fingerprint density at radius 1 is 1.11 bits per heavy atom. The van der Waals surface area contributed by atoms with Crippen molar-refractivity contribution in [3.05, 3.63) is 59.4 Å². The first-order chi connectivity index (χ1) is 13.1. The fraction of sp³-hybridized carbons (Fsp3) is 0.111. The first-order valence-electron chi connectivity index (χ1n) is 7.57. The number of amides is 3. The molecule has 0 saturated carbocycles. The topological polar surface area (TPSA) is 83.6 Å². The largest absolute Gasteiger partial charge is 0.328 e. The second-order valence-electron chi connectivity index (χ2n) is 5.49. The van der Waals surface area contributed by atoms with Gasteiger partial charge in [0.15, 0.2) is 9.84 Å². The van der Waals surface area contributed by atoms with Crippen molar-refractivity contribution < 1.29 is 31.2 Å². The van der Waals surface area contributed by atoms with Gasteiger partial charge in [0, 0.05) is 7.05 Å². The average molecular weight is 410 g/mol. The number of anilines is 1. The molecular formula is C18H13F3N2O4S. The van der Waals surface area contributed by atoms with Crippen LogP contribution in [0.1, 0.15) is 10.4 Å². The first kappa shape index (κ1) is 21.0. The van der Waals surface area contributed by atoms with Crippen molar-refractivity contribution in [2.24, 2.45) is 0 Å².